The first-order valence-corrected chi connectivity index (χ1v) is 7.53. The molecule has 0 unspecified atom stereocenters. The predicted molar refractivity (Wildman–Crippen MR) is 82.0 cm³/mol. The van der Waals surface area contributed by atoms with Crippen molar-refractivity contribution in [1.82, 2.24) is 10.2 Å². The molecular weight excluding hydrogens is 316 g/mol. The molecule has 1 N–H and O–H groups in total. The van der Waals surface area contributed by atoms with Gasteiger partial charge in [0.2, 0.25) is 6.04 Å². The van der Waals surface area contributed by atoms with Crippen molar-refractivity contribution < 1.29 is 28.7 Å². The average molecular weight is 334 g/mol. The number of hydrogen-bond acceptors (Lipinski definition) is 7. The Morgan fingerprint density at radius 2 is 1.46 bits per heavy atom. The number of ether oxygens (including phenoxy) is 2. The second-order valence-corrected chi connectivity index (χ2v) is 4.88. The van der Waals surface area contributed by atoms with Crippen LogP contribution in [0.25, 0.3) is 0 Å². The fraction of sp³-hybridized carbons (Fsp3) is 0.375. The molecule has 0 spiro atoms. The first-order chi connectivity index (χ1) is 11.5. The summed E-state index contributed by atoms with van der Waals surface area (Å²) < 4.78 is 9.62. The smallest absolute Gasteiger partial charge is 0.334 e. The van der Waals surface area contributed by atoms with Gasteiger partial charge in [0.1, 0.15) is 0 Å². The maximum atomic E-state index is 12.2. The number of carbonyl (C=O) groups is 4. The van der Waals surface area contributed by atoms with Gasteiger partial charge in [-0.25, -0.2) is 9.59 Å². The van der Waals surface area contributed by atoms with Gasteiger partial charge in [0, 0.05) is 0 Å². The van der Waals surface area contributed by atoms with Crippen molar-refractivity contribution in [2.75, 3.05) is 19.9 Å². The maximum absolute atomic E-state index is 12.2. The predicted octanol–water partition coefficient (Wildman–Crippen LogP) is 0.324. The zero-order valence-electron chi connectivity index (χ0n) is 13.4. The number of rotatable bonds is 7. The van der Waals surface area contributed by atoms with Crippen molar-refractivity contribution in [2.45, 2.75) is 19.9 Å². The molecule has 8 heteroatoms. The van der Waals surface area contributed by atoms with Gasteiger partial charge < -0.3 is 9.47 Å². The third-order valence-corrected chi connectivity index (χ3v) is 3.38. The number of hydrogen-bond donors (Lipinski definition) is 1. The number of carbonyl (C=O) groups excluding carboxylic acids is 4. The minimum absolute atomic E-state index is 0.0867. The summed E-state index contributed by atoms with van der Waals surface area (Å²) >= 11 is 0. The van der Waals surface area contributed by atoms with Crippen LogP contribution in [0.3, 0.4) is 0 Å². The first-order valence-electron chi connectivity index (χ1n) is 7.53. The van der Waals surface area contributed by atoms with Crippen molar-refractivity contribution in [3.05, 3.63) is 35.4 Å². The number of imide groups is 1. The summed E-state index contributed by atoms with van der Waals surface area (Å²) in [7, 11) is 0. The zero-order valence-corrected chi connectivity index (χ0v) is 13.4. The molecule has 0 bridgehead atoms. The van der Waals surface area contributed by atoms with Crippen molar-refractivity contribution in [3.8, 4) is 0 Å². The lowest BCUT2D eigenvalue weighted by atomic mass is 10.1. The molecule has 1 aliphatic heterocycles. The fourth-order valence-corrected chi connectivity index (χ4v) is 2.28. The van der Waals surface area contributed by atoms with E-state index in [1.165, 1.54) is 0 Å². The number of benzene rings is 1. The van der Waals surface area contributed by atoms with Crippen LogP contribution in [0.2, 0.25) is 0 Å². The highest BCUT2D eigenvalue weighted by Gasteiger charge is 2.37. The summed E-state index contributed by atoms with van der Waals surface area (Å²) in [6.45, 7) is 3.07. The van der Waals surface area contributed by atoms with Crippen LogP contribution in [0.4, 0.5) is 0 Å². The normalized spacial score (nSPS) is 13.2. The molecule has 1 heterocycles. The van der Waals surface area contributed by atoms with E-state index in [0.717, 1.165) is 4.90 Å². The monoisotopic (exact) mass is 334 g/mol. The topological polar surface area (TPSA) is 102 Å². The second-order valence-electron chi connectivity index (χ2n) is 4.88. The second kappa shape index (κ2) is 7.69. The first kappa shape index (κ1) is 17.6. The molecule has 1 aromatic rings. The Kier molecular flexibility index (Phi) is 5.64. The van der Waals surface area contributed by atoms with E-state index in [2.05, 4.69) is 5.32 Å². The summed E-state index contributed by atoms with van der Waals surface area (Å²) in [6.07, 6.45) is 0. The molecule has 0 radical (unpaired) electrons. The molecular formula is C16H18N2O6. The van der Waals surface area contributed by atoms with E-state index >= 15 is 0 Å². The molecule has 128 valence electrons. The zero-order chi connectivity index (χ0) is 17.7. The van der Waals surface area contributed by atoms with E-state index in [9.17, 15) is 19.2 Å². The lowest BCUT2D eigenvalue weighted by molar-refractivity contribution is -0.158. The Bertz CT molecular complexity index is 619. The highest BCUT2D eigenvalue weighted by atomic mass is 16.6. The number of nitrogens with one attached hydrogen (secondary N) is 1. The van der Waals surface area contributed by atoms with Gasteiger partial charge in [-0.2, -0.15) is 0 Å². The van der Waals surface area contributed by atoms with E-state index in [-0.39, 0.29) is 31.0 Å². The van der Waals surface area contributed by atoms with Gasteiger partial charge in [0.25, 0.3) is 11.8 Å². The lowest BCUT2D eigenvalue weighted by Crippen LogP contribution is -2.50. The Hall–Kier alpha value is -2.74. The molecule has 0 atom stereocenters. The van der Waals surface area contributed by atoms with Gasteiger partial charge in [-0.05, 0) is 26.0 Å². The maximum Gasteiger partial charge on any atom is 0.334 e. The third-order valence-electron chi connectivity index (χ3n) is 3.38. The highest BCUT2D eigenvalue weighted by Crippen LogP contribution is 2.21. The number of nitrogens with zero attached hydrogens (tertiary/aromatic N) is 1. The molecule has 0 fully saturated rings. The van der Waals surface area contributed by atoms with Gasteiger partial charge in [-0.3, -0.25) is 19.8 Å². The molecule has 1 aromatic carbocycles. The molecule has 8 nitrogen and oxygen atoms in total. The van der Waals surface area contributed by atoms with Crippen LogP contribution < -0.4 is 5.32 Å². The van der Waals surface area contributed by atoms with Crippen molar-refractivity contribution in [3.63, 3.8) is 0 Å². The molecule has 24 heavy (non-hydrogen) atoms. The van der Waals surface area contributed by atoms with Gasteiger partial charge in [-0.1, -0.05) is 12.1 Å². The van der Waals surface area contributed by atoms with E-state index < -0.39 is 29.8 Å². The van der Waals surface area contributed by atoms with Crippen LogP contribution in [0.1, 0.15) is 34.6 Å². The molecule has 0 aromatic heterocycles. The third kappa shape index (κ3) is 3.43. The van der Waals surface area contributed by atoms with E-state index in [4.69, 9.17) is 9.47 Å². The summed E-state index contributed by atoms with van der Waals surface area (Å²) in [5, 5.41) is 2.56. The van der Waals surface area contributed by atoms with Crippen LogP contribution in [-0.2, 0) is 19.1 Å². The van der Waals surface area contributed by atoms with Gasteiger partial charge in [0.15, 0.2) is 0 Å². The van der Waals surface area contributed by atoms with Gasteiger partial charge in [0.05, 0.1) is 31.0 Å². The summed E-state index contributed by atoms with van der Waals surface area (Å²) in [6, 6.07) is 4.99. The molecule has 0 aliphatic carbocycles. The molecule has 0 saturated heterocycles. The van der Waals surface area contributed by atoms with Crippen LogP contribution >= 0.6 is 0 Å². The fourth-order valence-electron chi connectivity index (χ4n) is 2.28. The van der Waals surface area contributed by atoms with Crippen molar-refractivity contribution >= 4 is 23.8 Å². The summed E-state index contributed by atoms with van der Waals surface area (Å²) in [4.78, 5) is 49.2. The molecule has 1 aliphatic rings. The van der Waals surface area contributed by atoms with Crippen molar-refractivity contribution in [1.29, 1.82) is 0 Å². The number of amides is 2. The van der Waals surface area contributed by atoms with Gasteiger partial charge in [-0.15, -0.1) is 0 Å². The Morgan fingerprint density at radius 3 is 1.88 bits per heavy atom. The standard InChI is InChI=1S/C16H18N2O6/c1-3-23-15(21)12(16(22)24-4-2)17-9-18-13(19)10-7-5-6-8-11(10)14(18)20/h5-8,12,17H,3-4,9H2,1-2H3. The number of fused-ring (bicyclic) bond motifs is 1. The quantitative estimate of drug-likeness (QED) is 0.435. The Labute approximate surface area is 138 Å². The van der Waals surface area contributed by atoms with Crippen LogP contribution in [-0.4, -0.2) is 54.6 Å². The van der Waals surface area contributed by atoms with E-state index in [1.807, 2.05) is 0 Å². The number of esters is 2. The summed E-state index contributed by atoms with van der Waals surface area (Å²) in [5.74, 6) is -2.63. The minimum Gasteiger partial charge on any atom is -0.464 e. The highest BCUT2D eigenvalue weighted by molar-refractivity contribution is 6.21. The van der Waals surface area contributed by atoms with E-state index in [0.29, 0.717) is 0 Å². The lowest BCUT2D eigenvalue weighted by Gasteiger charge is -2.19. The molecule has 2 rings (SSSR count). The summed E-state index contributed by atoms with van der Waals surface area (Å²) in [5.41, 5.74) is 0.571. The SMILES string of the molecule is CCOC(=O)C(NCN1C(=O)c2ccccc2C1=O)C(=O)OCC. The van der Waals surface area contributed by atoms with Crippen molar-refractivity contribution in [2.24, 2.45) is 0 Å². The average Bonchev–Trinajstić information content (AvgIpc) is 2.81. The Morgan fingerprint density at radius 1 is 1.00 bits per heavy atom. The minimum atomic E-state index is -1.41. The molecule has 2 amide bonds. The Balaban J connectivity index is 2.09. The van der Waals surface area contributed by atoms with Gasteiger partial charge >= 0.3 is 11.9 Å². The van der Waals surface area contributed by atoms with Crippen LogP contribution in [0.5, 0.6) is 0 Å². The largest absolute Gasteiger partial charge is 0.464 e. The van der Waals surface area contributed by atoms with E-state index in [1.54, 1.807) is 38.1 Å². The molecule has 0 saturated carbocycles. The van der Waals surface area contributed by atoms with Crippen LogP contribution in [0, 0.1) is 0 Å². The van der Waals surface area contributed by atoms with Crippen LogP contribution in [0.15, 0.2) is 24.3 Å².